The molecule has 2 rings (SSSR count). The minimum Gasteiger partial charge on any atom is -0.462 e. The standard InChI is InChI=1S/C53H88O15/c1-3-5-7-9-11-13-15-17-19-20-22-24-26-28-30-32-34-36-45(56)66-41(38-63-44(55)35-33-31-29-27-25-23-21-18-16-14-12-10-8-6-4-2)39-64-52-51(62)49(60)47(58)43(68-52)40-65-53-50(61)48(59)46(57)42(37-54)67-53/h12,14,17-19,21-22,24-25,27-28,30,41-43,46-54,57-62H,3-11,13,15-16,20,23,26,29,31-40H2,1-2H3/b14-12+,19-17+,21-18+,24-22+,27-25+,30-28+/t41-,42+,43+,46-,47-,48?,49?,50?,51?,52+,53+/m1/s1. The van der Waals surface area contributed by atoms with Crippen molar-refractivity contribution in [3.63, 3.8) is 0 Å². The van der Waals surface area contributed by atoms with Gasteiger partial charge in [0.1, 0.15) is 55.4 Å². The number of allylic oxidation sites excluding steroid dienone is 12. The summed E-state index contributed by atoms with van der Waals surface area (Å²) in [6.07, 6.45) is 29.4. The van der Waals surface area contributed by atoms with E-state index in [0.717, 1.165) is 51.4 Å². The molecule has 11 atom stereocenters. The molecule has 0 saturated carbocycles. The molecule has 4 unspecified atom stereocenters. The van der Waals surface area contributed by atoms with E-state index in [1.807, 2.05) is 12.2 Å². The van der Waals surface area contributed by atoms with Crippen LogP contribution in [0.2, 0.25) is 0 Å². The molecule has 15 heteroatoms. The lowest BCUT2D eigenvalue weighted by atomic mass is 9.98. The lowest BCUT2D eigenvalue weighted by molar-refractivity contribution is -0.332. The van der Waals surface area contributed by atoms with Gasteiger partial charge in [-0.2, -0.15) is 0 Å². The highest BCUT2D eigenvalue weighted by atomic mass is 16.7. The Kier molecular flexibility index (Phi) is 35.6. The molecule has 0 amide bonds. The Labute approximate surface area is 406 Å². The summed E-state index contributed by atoms with van der Waals surface area (Å²) < 4.78 is 33.4. The number of carbonyl (C=O) groups is 2. The summed E-state index contributed by atoms with van der Waals surface area (Å²) in [5.74, 6) is -1.04. The first-order valence-electron chi connectivity index (χ1n) is 25.5. The van der Waals surface area contributed by atoms with Crippen molar-refractivity contribution in [2.75, 3.05) is 26.4 Å². The van der Waals surface area contributed by atoms with Crippen LogP contribution in [0.4, 0.5) is 0 Å². The molecule has 2 fully saturated rings. The molecule has 0 aromatic rings. The van der Waals surface area contributed by atoms with Crippen LogP contribution in [0.1, 0.15) is 155 Å². The van der Waals surface area contributed by atoms with Crippen LogP contribution in [0.5, 0.6) is 0 Å². The smallest absolute Gasteiger partial charge is 0.306 e. The number of ether oxygens (including phenoxy) is 6. The van der Waals surface area contributed by atoms with Crippen LogP contribution in [-0.2, 0) is 38.0 Å². The monoisotopic (exact) mass is 965 g/mol. The highest BCUT2D eigenvalue weighted by Crippen LogP contribution is 2.26. The third kappa shape index (κ3) is 27.4. The molecule has 7 N–H and O–H groups in total. The molecule has 0 aromatic carbocycles. The number of unbranched alkanes of at least 4 members (excludes halogenated alkanes) is 12. The van der Waals surface area contributed by atoms with E-state index < -0.39 is 99.3 Å². The fourth-order valence-electron chi connectivity index (χ4n) is 7.41. The van der Waals surface area contributed by atoms with Crippen LogP contribution in [0.3, 0.4) is 0 Å². The first-order chi connectivity index (χ1) is 33.0. The molecule has 0 aromatic heterocycles. The fraction of sp³-hybridized carbons (Fsp3) is 0.736. The van der Waals surface area contributed by atoms with Gasteiger partial charge in [0.15, 0.2) is 18.7 Å². The minimum absolute atomic E-state index is 0.0817. The maximum atomic E-state index is 13.0. The first-order valence-corrected chi connectivity index (χ1v) is 25.5. The molecule has 0 radical (unpaired) electrons. The van der Waals surface area contributed by atoms with Gasteiger partial charge >= 0.3 is 11.9 Å². The first kappa shape index (κ1) is 61.1. The second kappa shape index (κ2) is 39.6. The van der Waals surface area contributed by atoms with E-state index in [1.54, 1.807) is 0 Å². The lowest BCUT2D eigenvalue weighted by Crippen LogP contribution is -2.61. The lowest BCUT2D eigenvalue weighted by Gasteiger charge is -2.42. The van der Waals surface area contributed by atoms with Gasteiger partial charge in [0, 0.05) is 12.8 Å². The number of esters is 2. The van der Waals surface area contributed by atoms with Gasteiger partial charge in [-0.15, -0.1) is 0 Å². The number of rotatable bonds is 38. The quantitative estimate of drug-likeness (QED) is 0.0187. The summed E-state index contributed by atoms with van der Waals surface area (Å²) in [6, 6.07) is 0. The maximum Gasteiger partial charge on any atom is 0.306 e. The average Bonchev–Trinajstić information content (AvgIpc) is 3.33. The summed E-state index contributed by atoms with van der Waals surface area (Å²) in [6.45, 7) is 2.44. The number of aliphatic hydroxyl groups is 7. The van der Waals surface area contributed by atoms with Crippen LogP contribution in [0, 0.1) is 0 Å². The molecule has 2 heterocycles. The predicted octanol–water partition coefficient (Wildman–Crippen LogP) is 7.04. The Morgan fingerprint density at radius 1 is 0.471 bits per heavy atom. The van der Waals surface area contributed by atoms with Gasteiger partial charge in [-0.25, -0.2) is 0 Å². The summed E-state index contributed by atoms with van der Waals surface area (Å²) >= 11 is 0. The maximum absolute atomic E-state index is 13.0. The second-order valence-electron chi connectivity index (χ2n) is 17.6. The largest absolute Gasteiger partial charge is 0.462 e. The van der Waals surface area contributed by atoms with E-state index in [0.29, 0.717) is 19.3 Å². The van der Waals surface area contributed by atoms with Gasteiger partial charge in [0.2, 0.25) is 0 Å². The summed E-state index contributed by atoms with van der Waals surface area (Å²) in [5, 5.41) is 72.0. The fourth-order valence-corrected chi connectivity index (χ4v) is 7.41. The molecule has 0 bridgehead atoms. The minimum atomic E-state index is -1.78. The summed E-state index contributed by atoms with van der Waals surface area (Å²) in [7, 11) is 0. The van der Waals surface area contributed by atoms with Crippen molar-refractivity contribution in [2.24, 2.45) is 0 Å². The van der Waals surface area contributed by atoms with Crippen LogP contribution in [0.25, 0.3) is 0 Å². The molecule has 15 nitrogen and oxygen atoms in total. The predicted molar refractivity (Wildman–Crippen MR) is 261 cm³/mol. The van der Waals surface area contributed by atoms with Crippen molar-refractivity contribution >= 4 is 11.9 Å². The van der Waals surface area contributed by atoms with Gasteiger partial charge in [-0.1, -0.05) is 132 Å². The van der Waals surface area contributed by atoms with E-state index in [1.165, 1.54) is 57.8 Å². The molecule has 2 aliphatic rings. The van der Waals surface area contributed by atoms with E-state index in [4.69, 9.17) is 28.4 Å². The third-order valence-corrected chi connectivity index (χ3v) is 11.7. The van der Waals surface area contributed by atoms with Gasteiger partial charge in [-0.3, -0.25) is 9.59 Å². The van der Waals surface area contributed by atoms with Gasteiger partial charge in [0.05, 0.1) is 19.8 Å². The Morgan fingerprint density at radius 3 is 1.46 bits per heavy atom. The van der Waals surface area contributed by atoms with Crippen molar-refractivity contribution in [2.45, 2.75) is 223 Å². The van der Waals surface area contributed by atoms with Crippen molar-refractivity contribution in [3.8, 4) is 0 Å². The normalized spacial score (nSPS) is 26.4. The van der Waals surface area contributed by atoms with Crippen LogP contribution in [0.15, 0.2) is 72.9 Å². The molecular formula is C53H88O15. The third-order valence-electron chi connectivity index (χ3n) is 11.7. The number of aliphatic hydroxyl groups excluding tert-OH is 7. The van der Waals surface area contributed by atoms with E-state index in [9.17, 15) is 45.3 Å². The highest BCUT2D eigenvalue weighted by molar-refractivity contribution is 5.70. The average molecular weight is 965 g/mol. The van der Waals surface area contributed by atoms with Crippen molar-refractivity contribution in [3.05, 3.63) is 72.9 Å². The zero-order valence-electron chi connectivity index (χ0n) is 41.1. The topological polar surface area (TPSA) is 231 Å². The molecular weight excluding hydrogens is 877 g/mol. The highest BCUT2D eigenvalue weighted by Gasteiger charge is 2.47. The molecule has 0 spiro atoms. The number of carbonyl (C=O) groups excluding carboxylic acids is 2. The van der Waals surface area contributed by atoms with Crippen molar-refractivity contribution in [1.29, 1.82) is 0 Å². The van der Waals surface area contributed by atoms with Gasteiger partial charge < -0.3 is 64.2 Å². The van der Waals surface area contributed by atoms with E-state index in [-0.39, 0.29) is 19.4 Å². The van der Waals surface area contributed by atoms with E-state index >= 15 is 0 Å². The SMILES string of the molecule is CCCCC/C=C/C/C=C/C/C=C/CCCCC(=O)OC[C@H](CO[C@H]1O[C@@H](CO[C@H]2O[C@@H](CO)[C@@H](O)C(O)C2O)[C@@H](O)C(O)C1O)OC(=O)CCC/C=C/C/C=C/C/C=C/CCCCCCCC. The Balaban J connectivity index is 1.86. The Bertz CT molecular complexity index is 1460. The van der Waals surface area contributed by atoms with Crippen LogP contribution in [-0.4, -0.2) is 142 Å². The molecule has 2 aliphatic heterocycles. The van der Waals surface area contributed by atoms with Crippen molar-refractivity contribution < 1.29 is 73.8 Å². The van der Waals surface area contributed by atoms with Crippen molar-refractivity contribution in [1.82, 2.24) is 0 Å². The Morgan fingerprint density at radius 2 is 0.897 bits per heavy atom. The van der Waals surface area contributed by atoms with E-state index in [2.05, 4.69) is 74.6 Å². The zero-order chi connectivity index (χ0) is 49.6. The number of hydrogen-bond donors (Lipinski definition) is 7. The van der Waals surface area contributed by atoms with Gasteiger partial charge in [-0.05, 0) is 83.5 Å². The van der Waals surface area contributed by atoms with Crippen LogP contribution >= 0.6 is 0 Å². The molecule has 68 heavy (non-hydrogen) atoms. The summed E-state index contributed by atoms with van der Waals surface area (Å²) in [5.41, 5.74) is 0. The van der Waals surface area contributed by atoms with Gasteiger partial charge in [0.25, 0.3) is 0 Å². The van der Waals surface area contributed by atoms with Crippen LogP contribution < -0.4 is 0 Å². The number of hydrogen-bond acceptors (Lipinski definition) is 15. The molecule has 2 saturated heterocycles. The Hall–Kier alpha value is -3.06. The zero-order valence-corrected chi connectivity index (χ0v) is 41.1. The molecule has 0 aliphatic carbocycles. The molecule has 390 valence electrons. The second-order valence-corrected chi connectivity index (χ2v) is 17.6. The summed E-state index contributed by atoms with van der Waals surface area (Å²) in [4.78, 5) is 25.7.